The van der Waals surface area contributed by atoms with Crippen molar-refractivity contribution < 1.29 is 19.4 Å². The van der Waals surface area contributed by atoms with Crippen LogP contribution >= 0.6 is 11.6 Å². The molecule has 1 amide bonds. The normalized spacial score (nSPS) is 12.1. The molecule has 32 heavy (non-hydrogen) atoms. The first-order valence-corrected chi connectivity index (χ1v) is 10.6. The van der Waals surface area contributed by atoms with E-state index in [4.69, 9.17) is 21.4 Å². The molecular weight excluding hydrogens is 428 g/mol. The molecule has 6 nitrogen and oxygen atoms in total. The Balaban J connectivity index is 1.75. The fourth-order valence-electron chi connectivity index (χ4n) is 3.06. The SMILES string of the molecule is O=C(O)CCCC=C(c1cccnc1)c1cccc(NC(=O)C(Cl)Oc2ccccc2)c1. The number of anilines is 1. The van der Waals surface area contributed by atoms with E-state index in [0.717, 1.165) is 16.7 Å². The van der Waals surface area contributed by atoms with Crippen molar-refractivity contribution in [2.45, 2.75) is 24.8 Å². The lowest BCUT2D eigenvalue weighted by atomic mass is 9.97. The van der Waals surface area contributed by atoms with Crippen LogP contribution in [0, 0.1) is 0 Å². The van der Waals surface area contributed by atoms with Crippen molar-refractivity contribution in [2.24, 2.45) is 0 Å². The van der Waals surface area contributed by atoms with E-state index < -0.39 is 17.4 Å². The summed E-state index contributed by atoms with van der Waals surface area (Å²) in [4.78, 5) is 27.5. The molecule has 7 heteroatoms. The Hall–Kier alpha value is -3.64. The van der Waals surface area contributed by atoms with E-state index in [1.54, 1.807) is 42.7 Å². The first-order valence-electron chi connectivity index (χ1n) is 10.1. The van der Waals surface area contributed by atoms with E-state index in [2.05, 4.69) is 10.3 Å². The summed E-state index contributed by atoms with van der Waals surface area (Å²) >= 11 is 6.12. The maximum Gasteiger partial charge on any atom is 0.303 e. The highest BCUT2D eigenvalue weighted by atomic mass is 35.5. The van der Waals surface area contributed by atoms with E-state index in [-0.39, 0.29) is 6.42 Å². The van der Waals surface area contributed by atoms with Gasteiger partial charge in [0.25, 0.3) is 11.5 Å². The van der Waals surface area contributed by atoms with E-state index >= 15 is 0 Å². The number of carboxylic acids is 1. The van der Waals surface area contributed by atoms with Crippen molar-refractivity contribution in [1.82, 2.24) is 4.98 Å². The third kappa shape index (κ3) is 6.96. The second-order valence-electron chi connectivity index (χ2n) is 6.96. The molecule has 2 aromatic carbocycles. The molecule has 0 aliphatic rings. The van der Waals surface area contributed by atoms with Crippen molar-refractivity contribution in [3.63, 3.8) is 0 Å². The summed E-state index contributed by atoms with van der Waals surface area (Å²) in [6.45, 7) is 0. The molecule has 0 saturated heterocycles. The molecule has 0 fully saturated rings. The van der Waals surface area contributed by atoms with Gasteiger partial charge in [0.2, 0.25) is 0 Å². The standard InChI is InChI=1S/C25H23ClN2O4/c26-24(32-21-11-2-1-3-12-21)25(31)28-20-10-6-8-18(16-20)22(13-4-5-14-23(29)30)19-9-7-15-27-17-19/h1-3,6-13,15-17,24H,4-5,14H2,(H,28,31)(H,29,30). The van der Waals surface area contributed by atoms with E-state index in [9.17, 15) is 9.59 Å². The summed E-state index contributed by atoms with van der Waals surface area (Å²) in [5.74, 6) is -0.806. The number of unbranched alkanes of at least 4 members (excludes halogenated alkanes) is 1. The van der Waals surface area contributed by atoms with Gasteiger partial charge in [-0.05, 0) is 54.3 Å². The minimum atomic E-state index is -1.19. The number of carbonyl (C=O) groups is 2. The monoisotopic (exact) mass is 450 g/mol. The van der Waals surface area contributed by atoms with E-state index in [0.29, 0.717) is 24.3 Å². The summed E-state index contributed by atoms with van der Waals surface area (Å²) < 4.78 is 5.47. The number of nitrogens with zero attached hydrogens (tertiary/aromatic N) is 1. The molecule has 0 saturated carbocycles. The van der Waals surface area contributed by atoms with Crippen LogP contribution in [0.4, 0.5) is 5.69 Å². The Kier molecular flexibility index (Phi) is 8.40. The van der Waals surface area contributed by atoms with Gasteiger partial charge in [0.05, 0.1) is 0 Å². The fourth-order valence-corrected chi connectivity index (χ4v) is 3.22. The third-order valence-electron chi connectivity index (χ3n) is 4.55. The molecule has 2 N–H and O–H groups in total. The molecule has 0 spiro atoms. The number of pyridine rings is 1. The number of aliphatic carboxylic acids is 1. The Bertz CT molecular complexity index is 1070. The Morgan fingerprint density at radius 2 is 1.84 bits per heavy atom. The largest absolute Gasteiger partial charge is 0.481 e. The van der Waals surface area contributed by atoms with Crippen LogP contribution in [0.5, 0.6) is 5.75 Å². The maximum atomic E-state index is 12.5. The lowest BCUT2D eigenvalue weighted by molar-refractivity contribution is -0.137. The third-order valence-corrected chi connectivity index (χ3v) is 4.83. The summed E-state index contributed by atoms with van der Waals surface area (Å²) in [5.41, 5.74) is 2.04. The summed E-state index contributed by atoms with van der Waals surface area (Å²) in [6.07, 6.45) is 6.66. The lowest BCUT2D eigenvalue weighted by Gasteiger charge is -2.14. The van der Waals surface area contributed by atoms with Crippen LogP contribution in [-0.4, -0.2) is 27.5 Å². The molecule has 3 rings (SSSR count). The maximum absolute atomic E-state index is 12.5. The number of aromatic nitrogens is 1. The molecule has 1 heterocycles. The van der Waals surface area contributed by atoms with Gasteiger partial charge in [-0.15, -0.1) is 0 Å². The lowest BCUT2D eigenvalue weighted by Crippen LogP contribution is -2.28. The molecule has 0 aliphatic heterocycles. The minimum absolute atomic E-state index is 0.103. The number of benzene rings is 2. The predicted octanol–water partition coefficient (Wildman–Crippen LogP) is 5.35. The van der Waals surface area contributed by atoms with Crippen LogP contribution in [-0.2, 0) is 9.59 Å². The van der Waals surface area contributed by atoms with Crippen LogP contribution in [0.1, 0.15) is 30.4 Å². The summed E-state index contributed by atoms with van der Waals surface area (Å²) in [5, 5.41) is 11.7. The van der Waals surface area contributed by atoms with Crippen molar-refractivity contribution in [1.29, 1.82) is 0 Å². The van der Waals surface area contributed by atoms with E-state index in [1.165, 1.54) is 0 Å². The first-order chi connectivity index (χ1) is 15.5. The first kappa shape index (κ1) is 23.0. The number of hydrogen-bond donors (Lipinski definition) is 2. The van der Waals surface area contributed by atoms with Crippen molar-refractivity contribution in [3.8, 4) is 5.75 Å². The Labute approximate surface area is 191 Å². The number of halogens is 1. The number of rotatable bonds is 10. The van der Waals surface area contributed by atoms with Gasteiger partial charge in [0.1, 0.15) is 5.75 Å². The van der Waals surface area contributed by atoms with Gasteiger partial charge in [-0.3, -0.25) is 14.6 Å². The van der Waals surface area contributed by atoms with Crippen molar-refractivity contribution >= 4 is 34.7 Å². The Morgan fingerprint density at radius 3 is 2.56 bits per heavy atom. The Morgan fingerprint density at radius 1 is 1.06 bits per heavy atom. The average molecular weight is 451 g/mol. The van der Waals surface area contributed by atoms with Gasteiger partial charge in [-0.2, -0.15) is 0 Å². The van der Waals surface area contributed by atoms with Gasteiger partial charge in [0, 0.05) is 30.1 Å². The quantitative estimate of drug-likeness (QED) is 0.321. The molecule has 164 valence electrons. The van der Waals surface area contributed by atoms with Gasteiger partial charge in [0.15, 0.2) is 0 Å². The highest BCUT2D eigenvalue weighted by Gasteiger charge is 2.17. The van der Waals surface area contributed by atoms with E-state index in [1.807, 2.05) is 42.5 Å². The second kappa shape index (κ2) is 11.7. The fraction of sp³-hybridized carbons (Fsp3) is 0.160. The average Bonchev–Trinajstić information content (AvgIpc) is 2.80. The molecule has 1 atom stereocenters. The van der Waals surface area contributed by atoms with Crippen LogP contribution in [0.2, 0.25) is 0 Å². The zero-order valence-electron chi connectivity index (χ0n) is 17.3. The number of nitrogens with one attached hydrogen (secondary N) is 1. The van der Waals surface area contributed by atoms with Crippen LogP contribution < -0.4 is 10.1 Å². The molecule has 1 unspecified atom stereocenters. The molecule has 0 bridgehead atoms. The highest BCUT2D eigenvalue weighted by molar-refractivity contribution is 6.31. The molecule has 3 aromatic rings. The zero-order chi connectivity index (χ0) is 22.8. The van der Waals surface area contributed by atoms with Gasteiger partial charge < -0.3 is 15.2 Å². The molecule has 0 radical (unpaired) electrons. The zero-order valence-corrected chi connectivity index (χ0v) is 18.0. The highest BCUT2D eigenvalue weighted by Crippen LogP contribution is 2.26. The predicted molar refractivity (Wildman–Crippen MR) is 125 cm³/mol. The van der Waals surface area contributed by atoms with Gasteiger partial charge in [-0.1, -0.05) is 54.1 Å². The number of ether oxygens (including phenoxy) is 1. The van der Waals surface area contributed by atoms with Crippen LogP contribution in [0.3, 0.4) is 0 Å². The smallest absolute Gasteiger partial charge is 0.303 e. The van der Waals surface area contributed by atoms with Gasteiger partial charge >= 0.3 is 5.97 Å². The number of allylic oxidation sites excluding steroid dienone is 1. The molecule has 1 aromatic heterocycles. The van der Waals surface area contributed by atoms with Crippen LogP contribution in [0.15, 0.2) is 85.2 Å². The second-order valence-corrected chi connectivity index (χ2v) is 7.36. The molecular formula is C25H23ClN2O4. The number of amides is 1. The topological polar surface area (TPSA) is 88.5 Å². The summed E-state index contributed by atoms with van der Waals surface area (Å²) in [6, 6.07) is 20.0. The van der Waals surface area contributed by atoms with Crippen LogP contribution in [0.25, 0.3) is 5.57 Å². The molecule has 0 aliphatic carbocycles. The number of carboxylic acid groups (broad SMARTS) is 1. The number of para-hydroxylation sites is 1. The number of alkyl halides is 1. The van der Waals surface area contributed by atoms with Crippen molar-refractivity contribution in [2.75, 3.05) is 5.32 Å². The summed E-state index contributed by atoms with van der Waals surface area (Å²) in [7, 11) is 0. The number of hydrogen-bond acceptors (Lipinski definition) is 4. The number of carbonyl (C=O) groups excluding carboxylic acids is 1. The van der Waals surface area contributed by atoms with Crippen molar-refractivity contribution in [3.05, 3.63) is 96.3 Å². The van der Waals surface area contributed by atoms with Gasteiger partial charge in [-0.25, -0.2) is 0 Å². The minimum Gasteiger partial charge on any atom is -0.481 e.